The molecular formula is C25H23N5OS. The van der Waals surface area contributed by atoms with E-state index in [1.165, 1.54) is 0 Å². The van der Waals surface area contributed by atoms with Crippen LogP contribution in [0.1, 0.15) is 35.3 Å². The lowest BCUT2D eigenvalue weighted by Gasteiger charge is -2.21. The van der Waals surface area contributed by atoms with Crippen molar-refractivity contribution in [2.45, 2.75) is 18.9 Å². The Morgan fingerprint density at radius 3 is 2.19 bits per heavy atom. The number of nitriles is 2. The zero-order chi connectivity index (χ0) is 23.1. The van der Waals surface area contributed by atoms with Crippen LogP contribution in [0.3, 0.4) is 0 Å². The van der Waals surface area contributed by atoms with Crippen molar-refractivity contribution in [1.29, 1.82) is 10.5 Å². The molecule has 0 saturated heterocycles. The molecule has 0 saturated carbocycles. The second-order valence-corrected chi connectivity index (χ2v) is 7.91. The number of anilines is 2. The first kappa shape index (κ1) is 22.9. The summed E-state index contributed by atoms with van der Waals surface area (Å²) in [6.45, 7) is 5.97. The highest BCUT2D eigenvalue weighted by atomic mass is 32.2. The van der Waals surface area contributed by atoms with Gasteiger partial charge in [0.2, 0.25) is 0 Å². The first-order valence-corrected chi connectivity index (χ1v) is 11.2. The summed E-state index contributed by atoms with van der Waals surface area (Å²) in [7, 11) is 0. The second-order valence-electron chi connectivity index (χ2n) is 6.95. The van der Waals surface area contributed by atoms with Crippen LogP contribution < -0.4 is 10.6 Å². The topological polar surface area (TPSA) is 107 Å². The Kier molecular flexibility index (Phi) is 7.49. The van der Waals surface area contributed by atoms with Crippen molar-refractivity contribution in [3.05, 3.63) is 71.3 Å². The molecule has 0 amide bonds. The molecule has 0 fully saturated rings. The summed E-state index contributed by atoms with van der Waals surface area (Å²) in [5.74, 6) is 0.0751. The van der Waals surface area contributed by atoms with Crippen LogP contribution >= 0.6 is 11.8 Å². The van der Waals surface area contributed by atoms with Gasteiger partial charge in [0.1, 0.15) is 28.5 Å². The van der Waals surface area contributed by atoms with Gasteiger partial charge < -0.3 is 10.6 Å². The van der Waals surface area contributed by atoms with E-state index >= 15 is 0 Å². The Morgan fingerprint density at radius 2 is 1.62 bits per heavy atom. The predicted molar refractivity (Wildman–Crippen MR) is 129 cm³/mol. The third kappa shape index (κ3) is 4.74. The highest BCUT2D eigenvalue weighted by molar-refractivity contribution is 8.00. The minimum Gasteiger partial charge on any atom is -0.383 e. The fourth-order valence-corrected chi connectivity index (χ4v) is 4.35. The Bertz CT molecular complexity index is 1190. The first-order chi connectivity index (χ1) is 15.5. The van der Waals surface area contributed by atoms with Crippen LogP contribution in [0.5, 0.6) is 0 Å². The zero-order valence-corrected chi connectivity index (χ0v) is 18.8. The molecule has 2 aromatic carbocycles. The number of hydrogen-bond donors (Lipinski definition) is 1. The molecule has 1 heterocycles. The Labute approximate surface area is 192 Å². The number of aromatic nitrogens is 1. The van der Waals surface area contributed by atoms with Crippen LogP contribution in [-0.2, 0) is 0 Å². The van der Waals surface area contributed by atoms with Crippen LogP contribution in [-0.4, -0.2) is 29.6 Å². The highest BCUT2D eigenvalue weighted by Crippen LogP contribution is 2.35. The summed E-state index contributed by atoms with van der Waals surface area (Å²) in [6.07, 6.45) is 0. The number of ketones is 1. The lowest BCUT2D eigenvalue weighted by Crippen LogP contribution is -2.21. The number of Topliss-reactive ketones (excluding diaryl/α,β-unsaturated/α-hetero) is 1. The van der Waals surface area contributed by atoms with E-state index in [2.05, 4.69) is 35.9 Å². The van der Waals surface area contributed by atoms with Gasteiger partial charge in [0.15, 0.2) is 5.78 Å². The lowest BCUT2D eigenvalue weighted by atomic mass is 9.97. The van der Waals surface area contributed by atoms with Gasteiger partial charge in [0.25, 0.3) is 0 Å². The first-order valence-electron chi connectivity index (χ1n) is 10.2. The van der Waals surface area contributed by atoms with Gasteiger partial charge in [-0.25, -0.2) is 4.98 Å². The van der Waals surface area contributed by atoms with E-state index < -0.39 is 0 Å². The number of benzene rings is 2. The van der Waals surface area contributed by atoms with Crippen molar-refractivity contribution in [2.75, 3.05) is 29.5 Å². The van der Waals surface area contributed by atoms with Gasteiger partial charge >= 0.3 is 0 Å². The maximum absolute atomic E-state index is 12.8. The summed E-state index contributed by atoms with van der Waals surface area (Å²) in [4.78, 5) is 19.2. The number of nitrogen functional groups attached to an aromatic ring is 1. The number of carbonyl (C=O) groups excluding carboxylic acids is 1. The fraction of sp³-hybridized carbons (Fsp3) is 0.200. The standard InChI is InChI=1S/C25H23N5OS/c1-3-30(4-2)19-12-10-17(11-13-19)22(31)16-32-25-21(15-27)23(18-8-6-5-7-9-18)20(14-26)24(28)29-25/h5-13H,3-4,16H2,1-2H3,(H2,28,29). The molecule has 6 nitrogen and oxygen atoms in total. The lowest BCUT2D eigenvalue weighted by molar-refractivity contribution is 0.102. The van der Waals surface area contributed by atoms with Gasteiger partial charge in [-0.2, -0.15) is 10.5 Å². The van der Waals surface area contributed by atoms with Gasteiger partial charge in [-0.05, 0) is 43.7 Å². The Hall–Kier alpha value is -3.81. The van der Waals surface area contributed by atoms with Crippen LogP contribution in [0, 0.1) is 22.7 Å². The molecule has 0 bridgehead atoms. The SMILES string of the molecule is CCN(CC)c1ccc(C(=O)CSc2nc(N)c(C#N)c(-c3ccccc3)c2C#N)cc1. The van der Waals surface area contributed by atoms with Crippen LogP contribution in [0.25, 0.3) is 11.1 Å². The summed E-state index contributed by atoms with van der Waals surface area (Å²) < 4.78 is 0. The zero-order valence-electron chi connectivity index (χ0n) is 18.0. The molecule has 0 unspecified atom stereocenters. The van der Waals surface area contributed by atoms with E-state index in [-0.39, 0.29) is 28.5 Å². The smallest absolute Gasteiger partial charge is 0.173 e. The molecular weight excluding hydrogens is 418 g/mol. The molecule has 2 N–H and O–H groups in total. The van der Waals surface area contributed by atoms with E-state index in [0.717, 1.165) is 30.5 Å². The molecule has 0 radical (unpaired) electrons. The van der Waals surface area contributed by atoms with E-state index in [1.807, 2.05) is 54.6 Å². The van der Waals surface area contributed by atoms with E-state index in [0.29, 0.717) is 21.7 Å². The summed E-state index contributed by atoms with van der Waals surface area (Å²) in [5, 5.41) is 19.8. The molecule has 1 aromatic heterocycles. The average molecular weight is 442 g/mol. The number of hydrogen-bond acceptors (Lipinski definition) is 7. The number of carbonyl (C=O) groups is 1. The fourth-order valence-electron chi connectivity index (χ4n) is 3.46. The van der Waals surface area contributed by atoms with Gasteiger partial charge in [-0.15, -0.1) is 0 Å². The predicted octanol–water partition coefficient (Wildman–Crippen LogP) is 4.90. The average Bonchev–Trinajstić information content (AvgIpc) is 2.83. The van der Waals surface area contributed by atoms with Crippen molar-refractivity contribution in [1.82, 2.24) is 4.98 Å². The van der Waals surface area contributed by atoms with Crippen LogP contribution in [0.15, 0.2) is 59.6 Å². The minimum atomic E-state index is -0.0732. The number of nitrogens with zero attached hydrogens (tertiary/aromatic N) is 4. The number of rotatable bonds is 8. The molecule has 0 atom stereocenters. The van der Waals surface area contributed by atoms with E-state index in [4.69, 9.17) is 5.73 Å². The molecule has 32 heavy (non-hydrogen) atoms. The Balaban J connectivity index is 1.88. The summed E-state index contributed by atoms with van der Waals surface area (Å²) >= 11 is 1.15. The normalized spacial score (nSPS) is 10.2. The molecule has 160 valence electrons. The van der Waals surface area contributed by atoms with Crippen molar-refractivity contribution < 1.29 is 4.79 Å². The van der Waals surface area contributed by atoms with Crippen molar-refractivity contribution in [2.24, 2.45) is 0 Å². The van der Waals surface area contributed by atoms with E-state index in [9.17, 15) is 15.3 Å². The maximum atomic E-state index is 12.8. The summed E-state index contributed by atoms with van der Waals surface area (Å²) in [6, 6.07) is 20.9. The number of thioether (sulfide) groups is 1. The Morgan fingerprint density at radius 1 is 1.00 bits per heavy atom. The maximum Gasteiger partial charge on any atom is 0.173 e. The van der Waals surface area contributed by atoms with Crippen molar-refractivity contribution in [3.63, 3.8) is 0 Å². The molecule has 7 heteroatoms. The second kappa shape index (κ2) is 10.5. The third-order valence-corrected chi connectivity index (χ3v) is 6.11. The minimum absolute atomic E-state index is 0.0453. The third-order valence-electron chi connectivity index (χ3n) is 5.14. The largest absolute Gasteiger partial charge is 0.383 e. The van der Waals surface area contributed by atoms with E-state index in [1.54, 1.807) is 0 Å². The molecule has 0 aliphatic rings. The van der Waals surface area contributed by atoms with Gasteiger partial charge in [-0.3, -0.25) is 4.79 Å². The van der Waals surface area contributed by atoms with Crippen molar-refractivity contribution in [3.8, 4) is 23.3 Å². The van der Waals surface area contributed by atoms with Crippen LogP contribution in [0.2, 0.25) is 0 Å². The monoisotopic (exact) mass is 441 g/mol. The van der Waals surface area contributed by atoms with Crippen LogP contribution in [0.4, 0.5) is 11.5 Å². The quantitative estimate of drug-likeness (QED) is 0.391. The molecule has 0 aliphatic heterocycles. The van der Waals surface area contributed by atoms with Crippen molar-refractivity contribution >= 4 is 29.1 Å². The molecule has 0 aliphatic carbocycles. The van der Waals surface area contributed by atoms with Gasteiger partial charge in [-0.1, -0.05) is 42.1 Å². The summed E-state index contributed by atoms with van der Waals surface area (Å²) in [5.41, 5.74) is 9.26. The molecule has 0 spiro atoms. The molecule has 3 rings (SSSR count). The van der Waals surface area contributed by atoms with Gasteiger partial charge in [0.05, 0.1) is 11.3 Å². The molecule has 3 aromatic rings. The van der Waals surface area contributed by atoms with Gasteiger partial charge in [0, 0.05) is 29.9 Å². The number of pyridine rings is 1. The number of nitrogens with two attached hydrogens (primary N) is 1. The highest BCUT2D eigenvalue weighted by Gasteiger charge is 2.21.